The molecule has 2 N–H and O–H groups in total. The predicted molar refractivity (Wildman–Crippen MR) is 75.1 cm³/mol. The maximum absolute atomic E-state index is 12.3. The number of aromatic hydroxyl groups is 1. The number of carbonyl (C=O) groups excluding carboxylic acids is 1. The summed E-state index contributed by atoms with van der Waals surface area (Å²) in [6.45, 7) is 4.63. The van der Waals surface area contributed by atoms with E-state index in [1.165, 1.54) is 6.42 Å². The third-order valence-electron chi connectivity index (χ3n) is 3.63. The third kappa shape index (κ3) is 3.96. The summed E-state index contributed by atoms with van der Waals surface area (Å²) in [4.78, 5) is 14.2. The van der Waals surface area contributed by atoms with Crippen LogP contribution in [0.25, 0.3) is 0 Å². The second-order valence-corrected chi connectivity index (χ2v) is 5.07. The minimum atomic E-state index is 0.155. The first-order valence-electron chi connectivity index (χ1n) is 6.98. The van der Waals surface area contributed by atoms with E-state index in [9.17, 15) is 9.90 Å². The molecule has 1 aliphatic heterocycles. The zero-order valence-electron chi connectivity index (χ0n) is 11.4. The highest BCUT2D eigenvalue weighted by Crippen LogP contribution is 2.12. The number of benzene rings is 1. The Kier molecular flexibility index (Phi) is 4.80. The molecule has 1 saturated heterocycles. The average molecular weight is 262 g/mol. The number of hydrogen-bond acceptors (Lipinski definition) is 3. The summed E-state index contributed by atoms with van der Waals surface area (Å²) in [6.07, 6.45) is 2.76. The molecule has 1 fully saturated rings. The zero-order chi connectivity index (χ0) is 13.7. The van der Waals surface area contributed by atoms with E-state index in [0.717, 1.165) is 31.6 Å². The van der Waals surface area contributed by atoms with Crippen molar-refractivity contribution in [3.63, 3.8) is 0 Å². The summed E-state index contributed by atoms with van der Waals surface area (Å²) in [7, 11) is 0. The molecule has 4 nitrogen and oxygen atoms in total. The van der Waals surface area contributed by atoms with E-state index >= 15 is 0 Å². The van der Waals surface area contributed by atoms with E-state index in [2.05, 4.69) is 5.32 Å². The predicted octanol–water partition coefficient (Wildman–Crippen LogP) is 1.54. The first kappa shape index (κ1) is 13.9. The summed E-state index contributed by atoms with van der Waals surface area (Å²) in [5, 5.41) is 12.7. The fraction of sp³-hybridized carbons (Fsp3) is 0.533. The maximum Gasteiger partial charge on any atom is 0.227 e. The van der Waals surface area contributed by atoms with Gasteiger partial charge in [-0.1, -0.05) is 12.1 Å². The number of nitrogens with one attached hydrogen (secondary N) is 1. The Balaban J connectivity index is 1.90. The standard InChI is InChI=1S/C15H22N2O2/c1-2-17(11-13-4-3-9-16-13)15(19)10-12-5-7-14(18)8-6-12/h5-8,13,16,18H,2-4,9-11H2,1H3. The van der Waals surface area contributed by atoms with Crippen molar-refractivity contribution in [3.8, 4) is 5.75 Å². The lowest BCUT2D eigenvalue weighted by atomic mass is 10.1. The Morgan fingerprint density at radius 2 is 2.16 bits per heavy atom. The fourth-order valence-electron chi connectivity index (χ4n) is 2.49. The van der Waals surface area contributed by atoms with Crippen LogP contribution < -0.4 is 5.32 Å². The number of likely N-dealkylation sites (N-methyl/N-ethyl adjacent to an activating group) is 1. The van der Waals surface area contributed by atoms with Crippen LogP contribution in [0.2, 0.25) is 0 Å². The lowest BCUT2D eigenvalue weighted by Crippen LogP contribution is -2.41. The number of amides is 1. The van der Waals surface area contributed by atoms with Crippen molar-refractivity contribution in [2.45, 2.75) is 32.2 Å². The molecule has 1 aromatic rings. The Hall–Kier alpha value is -1.55. The van der Waals surface area contributed by atoms with Crippen LogP contribution in [0, 0.1) is 0 Å². The molecule has 1 heterocycles. The summed E-state index contributed by atoms with van der Waals surface area (Å²) >= 11 is 0. The quantitative estimate of drug-likeness (QED) is 0.846. The highest BCUT2D eigenvalue weighted by molar-refractivity contribution is 5.78. The van der Waals surface area contributed by atoms with Crippen LogP contribution in [0.15, 0.2) is 24.3 Å². The molecule has 1 aromatic carbocycles. The van der Waals surface area contributed by atoms with Crippen LogP contribution in [0.1, 0.15) is 25.3 Å². The van der Waals surface area contributed by atoms with Crippen LogP contribution in [0.5, 0.6) is 5.75 Å². The molecular weight excluding hydrogens is 240 g/mol. The molecule has 1 unspecified atom stereocenters. The summed E-state index contributed by atoms with van der Waals surface area (Å²) in [5.74, 6) is 0.389. The third-order valence-corrected chi connectivity index (χ3v) is 3.63. The fourth-order valence-corrected chi connectivity index (χ4v) is 2.49. The van der Waals surface area contributed by atoms with Crippen molar-refractivity contribution >= 4 is 5.91 Å². The second kappa shape index (κ2) is 6.57. The van der Waals surface area contributed by atoms with Crippen LogP contribution >= 0.6 is 0 Å². The molecule has 104 valence electrons. The number of rotatable bonds is 5. The van der Waals surface area contributed by atoms with Gasteiger partial charge in [0.15, 0.2) is 0 Å². The van der Waals surface area contributed by atoms with Crippen molar-refractivity contribution in [2.24, 2.45) is 0 Å². The summed E-state index contributed by atoms with van der Waals surface area (Å²) in [6, 6.07) is 7.29. The van der Waals surface area contributed by atoms with Gasteiger partial charge >= 0.3 is 0 Å². The van der Waals surface area contributed by atoms with Crippen molar-refractivity contribution < 1.29 is 9.90 Å². The number of nitrogens with zero attached hydrogens (tertiary/aromatic N) is 1. The number of phenolic OH excluding ortho intramolecular Hbond substituents is 1. The van der Waals surface area contributed by atoms with E-state index < -0.39 is 0 Å². The van der Waals surface area contributed by atoms with Crippen molar-refractivity contribution in [2.75, 3.05) is 19.6 Å². The van der Waals surface area contributed by atoms with Crippen LogP contribution in [0.4, 0.5) is 0 Å². The highest BCUT2D eigenvalue weighted by Gasteiger charge is 2.20. The normalized spacial score (nSPS) is 18.5. The molecule has 1 amide bonds. The molecule has 0 radical (unpaired) electrons. The topological polar surface area (TPSA) is 52.6 Å². The van der Waals surface area contributed by atoms with E-state index in [-0.39, 0.29) is 11.7 Å². The minimum absolute atomic E-state index is 0.155. The van der Waals surface area contributed by atoms with Crippen molar-refractivity contribution in [1.29, 1.82) is 0 Å². The number of hydrogen-bond donors (Lipinski definition) is 2. The molecular formula is C15H22N2O2. The molecule has 0 spiro atoms. The average Bonchev–Trinajstić information content (AvgIpc) is 2.91. The van der Waals surface area contributed by atoms with E-state index in [4.69, 9.17) is 0 Å². The molecule has 2 rings (SSSR count). The SMILES string of the molecule is CCN(CC1CCCN1)C(=O)Cc1ccc(O)cc1. The Labute approximate surface area is 114 Å². The van der Waals surface area contributed by atoms with Crippen molar-refractivity contribution in [1.82, 2.24) is 10.2 Å². The first-order chi connectivity index (χ1) is 9.19. The first-order valence-corrected chi connectivity index (χ1v) is 6.98. The highest BCUT2D eigenvalue weighted by atomic mass is 16.3. The molecule has 0 saturated carbocycles. The maximum atomic E-state index is 12.3. The van der Waals surface area contributed by atoms with Gasteiger partial charge in [-0.25, -0.2) is 0 Å². The molecule has 1 atom stereocenters. The molecule has 0 aliphatic carbocycles. The Bertz CT molecular complexity index is 411. The largest absolute Gasteiger partial charge is 0.508 e. The van der Waals surface area contributed by atoms with Gasteiger partial charge in [0.05, 0.1) is 6.42 Å². The molecule has 4 heteroatoms. The monoisotopic (exact) mass is 262 g/mol. The number of carbonyl (C=O) groups is 1. The van der Waals surface area contributed by atoms with E-state index in [1.807, 2.05) is 11.8 Å². The van der Waals surface area contributed by atoms with Gasteiger partial charge < -0.3 is 15.3 Å². The number of phenols is 1. The molecule has 0 aromatic heterocycles. The summed E-state index contributed by atoms with van der Waals surface area (Å²) in [5.41, 5.74) is 0.945. The smallest absolute Gasteiger partial charge is 0.227 e. The van der Waals surface area contributed by atoms with Gasteiger partial charge in [-0.05, 0) is 44.0 Å². The zero-order valence-corrected chi connectivity index (χ0v) is 11.4. The van der Waals surface area contributed by atoms with Gasteiger partial charge in [0, 0.05) is 19.1 Å². The Morgan fingerprint density at radius 3 is 2.74 bits per heavy atom. The van der Waals surface area contributed by atoms with Crippen LogP contribution in [0.3, 0.4) is 0 Å². The van der Waals surface area contributed by atoms with E-state index in [1.54, 1.807) is 24.3 Å². The lowest BCUT2D eigenvalue weighted by molar-refractivity contribution is -0.130. The Morgan fingerprint density at radius 1 is 1.42 bits per heavy atom. The lowest BCUT2D eigenvalue weighted by Gasteiger charge is -2.24. The van der Waals surface area contributed by atoms with Gasteiger partial charge in [-0.2, -0.15) is 0 Å². The van der Waals surface area contributed by atoms with Gasteiger partial charge in [-0.15, -0.1) is 0 Å². The molecule has 1 aliphatic rings. The van der Waals surface area contributed by atoms with Gasteiger partial charge in [-0.3, -0.25) is 4.79 Å². The van der Waals surface area contributed by atoms with Crippen LogP contribution in [-0.2, 0) is 11.2 Å². The molecule has 19 heavy (non-hydrogen) atoms. The minimum Gasteiger partial charge on any atom is -0.508 e. The van der Waals surface area contributed by atoms with Gasteiger partial charge in [0.1, 0.15) is 5.75 Å². The van der Waals surface area contributed by atoms with E-state index in [0.29, 0.717) is 12.5 Å². The second-order valence-electron chi connectivity index (χ2n) is 5.07. The molecule has 0 bridgehead atoms. The van der Waals surface area contributed by atoms with Gasteiger partial charge in [0.2, 0.25) is 5.91 Å². The summed E-state index contributed by atoms with van der Waals surface area (Å²) < 4.78 is 0. The van der Waals surface area contributed by atoms with Crippen molar-refractivity contribution in [3.05, 3.63) is 29.8 Å². The van der Waals surface area contributed by atoms with Crippen LogP contribution in [-0.4, -0.2) is 41.6 Å². The van der Waals surface area contributed by atoms with Gasteiger partial charge in [0.25, 0.3) is 0 Å².